The molecule has 0 radical (unpaired) electrons. The molecule has 0 spiro atoms. The molecule has 0 bridgehead atoms. The number of Topliss-reactive ketones (excluding diaryl/α,β-unsaturated/α-hetero) is 1. The average Bonchev–Trinajstić information content (AvgIpc) is 2.87. The molecule has 1 heterocycles. The molecule has 70 valence electrons. The summed E-state index contributed by atoms with van der Waals surface area (Å²) in [7, 11) is 0. The Balaban J connectivity index is 2.17. The highest BCUT2D eigenvalue weighted by atomic mass is 16.1. The van der Waals surface area contributed by atoms with Crippen LogP contribution in [0, 0.1) is 5.92 Å². The highest BCUT2D eigenvalue weighted by molar-refractivity contribution is 5.97. The van der Waals surface area contributed by atoms with Gasteiger partial charge in [0.1, 0.15) is 5.69 Å². The second-order valence-corrected chi connectivity index (χ2v) is 3.48. The summed E-state index contributed by atoms with van der Waals surface area (Å²) < 4.78 is 1.71. The van der Waals surface area contributed by atoms with Gasteiger partial charge in [-0.05, 0) is 19.3 Å². The first-order valence-electron chi connectivity index (χ1n) is 4.75. The van der Waals surface area contributed by atoms with Gasteiger partial charge in [0.25, 0.3) is 0 Å². The Labute approximate surface area is 76.9 Å². The number of rotatable bonds is 4. The number of ketones is 1. The van der Waals surface area contributed by atoms with Crippen LogP contribution in [0.25, 0.3) is 0 Å². The van der Waals surface area contributed by atoms with E-state index in [4.69, 9.17) is 0 Å². The Hall–Kier alpha value is -1.19. The Morgan fingerprint density at radius 1 is 1.69 bits per heavy atom. The molecule has 13 heavy (non-hydrogen) atoms. The Bertz CT molecular complexity index is 314. The van der Waals surface area contributed by atoms with Gasteiger partial charge in [-0.2, -0.15) is 0 Å². The van der Waals surface area contributed by atoms with Crippen LogP contribution >= 0.6 is 0 Å². The van der Waals surface area contributed by atoms with Crippen molar-refractivity contribution in [2.75, 3.05) is 0 Å². The second kappa shape index (κ2) is 3.28. The van der Waals surface area contributed by atoms with Gasteiger partial charge in [-0.25, -0.2) is 4.68 Å². The standard InChI is InChI=1S/C9H13N3O/c1-2-5-12-8(6-10-11-12)9(13)7-3-4-7/h6-7H,2-5H2,1H3. The van der Waals surface area contributed by atoms with E-state index >= 15 is 0 Å². The Morgan fingerprint density at radius 2 is 2.46 bits per heavy atom. The van der Waals surface area contributed by atoms with E-state index in [1.807, 2.05) is 0 Å². The van der Waals surface area contributed by atoms with E-state index in [9.17, 15) is 4.79 Å². The molecule has 4 nitrogen and oxygen atoms in total. The SMILES string of the molecule is CCCn1nncc1C(=O)C1CC1. The van der Waals surface area contributed by atoms with E-state index < -0.39 is 0 Å². The number of carbonyl (C=O) groups is 1. The van der Waals surface area contributed by atoms with Gasteiger partial charge in [0.15, 0.2) is 5.78 Å². The fourth-order valence-electron chi connectivity index (χ4n) is 1.38. The van der Waals surface area contributed by atoms with Crippen LogP contribution in [-0.2, 0) is 6.54 Å². The summed E-state index contributed by atoms with van der Waals surface area (Å²) in [6.07, 6.45) is 4.64. The van der Waals surface area contributed by atoms with Crippen molar-refractivity contribution < 1.29 is 4.79 Å². The molecule has 0 saturated heterocycles. The van der Waals surface area contributed by atoms with Gasteiger partial charge in [0.2, 0.25) is 0 Å². The lowest BCUT2D eigenvalue weighted by Gasteiger charge is -2.01. The van der Waals surface area contributed by atoms with Crippen LogP contribution in [0.5, 0.6) is 0 Å². The average molecular weight is 179 g/mol. The first kappa shape index (κ1) is 8.41. The highest BCUT2D eigenvalue weighted by Gasteiger charge is 2.32. The van der Waals surface area contributed by atoms with Crippen molar-refractivity contribution in [3.05, 3.63) is 11.9 Å². The summed E-state index contributed by atoms with van der Waals surface area (Å²) in [4.78, 5) is 11.7. The molecular weight excluding hydrogens is 166 g/mol. The van der Waals surface area contributed by atoms with Crippen molar-refractivity contribution in [2.24, 2.45) is 5.92 Å². The lowest BCUT2D eigenvalue weighted by atomic mass is 10.2. The number of nitrogens with zero attached hydrogens (tertiary/aromatic N) is 3. The molecule has 0 amide bonds. The minimum atomic E-state index is 0.221. The molecule has 2 rings (SSSR count). The minimum Gasteiger partial charge on any atom is -0.292 e. The molecule has 4 heteroatoms. The number of hydrogen-bond donors (Lipinski definition) is 0. The van der Waals surface area contributed by atoms with Gasteiger partial charge in [0, 0.05) is 12.5 Å². The molecule has 0 atom stereocenters. The molecule has 1 aromatic heterocycles. The molecule has 0 aliphatic heterocycles. The van der Waals surface area contributed by atoms with Crippen LogP contribution in [0.1, 0.15) is 36.7 Å². The maximum Gasteiger partial charge on any atom is 0.185 e. The quantitative estimate of drug-likeness (QED) is 0.654. The van der Waals surface area contributed by atoms with E-state index in [-0.39, 0.29) is 11.7 Å². The van der Waals surface area contributed by atoms with Gasteiger partial charge in [-0.1, -0.05) is 12.1 Å². The largest absolute Gasteiger partial charge is 0.292 e. The van der Waals surface area contributed by atoms with Crippen LogP contribution in [0.15, 0.2) is 6.20 Å². The van der Waals surface area contributed by atoms with Crippen LogP contribution in [0.2, 0.25) is 0 Å². The molecule has 0 aromatic carbocycles. The molecular formula is C9H13N3O. The lowest BCUT2D eigenvalue weighted by molar-refractivity contribution is 0.0957. The van der Waals surface area contributed by atoms with Crippen molar-refractivity contribution >= 4 is 5.78 Å². The van der Waals surface area contributed by atoms with E-state index in [0.29, 0.717) is 5.69 Å². The molecule has 1 saturated carbocycles. The zero-order valence-corrected chi connectivity index (χ0v) is 7.73. The molecule has 1 aliphatic carbocycles. The van der Waals surface area contributed by atoms with Gasteiger partial charge in [-0.3, -0.25) is 4.79 Å². The molecule has 0 unspecified atom stereocenters. The number of carbonyl (C=O) groups excluding carboxylic acids is 1. The van der Waals surface area contributed by atoms with Gasteiger partial charge >= 0.3 is 0 Å². The minimum absolute atomic E-state index is 0.221. The fourth-order valence-corrected chi connectivity index (χ4v) is 1.38. The van der Waals surface area contributed by atoms with Crippen LogP contribution in [-0.4, -0.2) is 20.8 Å². The van der Waals surface area contributed by atoms with Gasteiger partial charge < -0.3 is 0 Å². The summed E-state index contributed by atoms with van der Waals surface area (Å²) in [5, 5.41) is 7.65. The number of aromatic nitrogens is 3. The summed E-state index contributed by atoms with van der Waals surface area (Å²) in [5.74, 6) is 0.479. The maximum absolute atomic E-state index is 11.7. The van der Waals surface area contributed by atoms with Crippen molar-refractivity contribution in [1.82, 2.24) is 15.0 Å². The lowest BCUT2D eigenvalue weighted by Crippen LogP contribution is -2.11. The Morgan fingerprint density at radius 3 is 3.08 bits per heavy atom. The predicted octanol–water partition coefficient (Wildman–Crippen LogP) is 1.28. The van der Waals surface area contributed by atoms with Crippen LogP contribution < -0.4 is 0 Å². The molecule has 1 aromatic rings. The smallest absolute Gasteiger partial charge is 0.185 e. The van der Waals surface area contributed by atoms with E-state index in [1.54, 1.807) is 10.9 Å². The zero-order chi connectivity index (χ0) is 9.26. The molecule has 1 fully saturated rings. The van der Waals surface area contributed by atoms with Gasteiger partial charge in [0.05, 0.1) is 6.20 Å². The topological polar surface area (TPSA) is 47.8 Å². The zero-order valence-electron chi connectivity index (χ0n) is 7.73. The third kappa shape index (κ3) is 1.61. The number of aryl methyl sites for hydroxylation is 1. The maximum atomic E-state index is 11.7. The third-order valence-corrected chi connectivity index (χ3v) is 2.25. The summed E-state index contributed by atoms with van der Waals surface area (Å²) in [6, 6.07) is 0. The normalized spacial score (nSPS) is 16.1. The van der Waals surface area contributed by atoms with Gasteiger partial charge in [-0.15, -0.1) is 5.10 Å². The van der Waals surface area contributed by atoms with Crippen molar-refractivity contribution in [3.63, 3.8) is 0 Å². The predicted molar refractivity (Wildman–Crippen MR) is 47.4 cm³/mol. The van der Waals surface area contributed by atoms with E-state index in [2.05, 4.69) is 17.2 Å². The van der Waals surface area contributed by atoms with Crippen molar-refractivity contribution in [1.29, 1.82) is 0 Å². The monoisotopic (exact) mass is 179 g/mol. The van der Waals surface area contributed by atoms with Crippen LogP contribution in [0.3, 0.4) is 0 Å². The number of hydrogen-bond acceptors (Lipinski definition) is 3. The first-order valence-corrected chi connectivity index (χ1v) is 4.75. The third-order valence-electron chi connectivity index (χ3n) is 2.25. The molecule has 1 aliphatic rings. The molecule has 0 N–H and O–H groups in total. The van der Waals surface area contributed by atoms with Crippen molar-refractivity contribution in [3.8, 4) is 0 Å². The van der Waals surface area contributed by atoms with Crippen molar-refractivity contribution in [2.45, 2.75) is 32.7 Å². The second-order valence-electron chi connectivity index (χ2n) is 3.48. The fraction of sp³-hybridized carbons (Fsp3) is 0.667. The summed E-state index contributed by atoms with van der Waals surface area (Å²) >= 11 is 0. The van der Waals surface area contributed by atoms with Crippen LogP contribution in [0.4, 0.5) is 0 Å². The van der Waals surface area contributed by atoms with E-state index in [1.165, 1.54) is 0 Å². The highest BCUT2D eigenvalue weighted by Crippen LogP contribution is 2.32. The Kier molecular flexibility index (Phi) is 2.12. The first-order chi connectivity index (χ1) is 6.33. The summed E-state index contributed by atoms with van der Waals surface area (Å²) in [5.41, 5.74) is 0.685. The summed E-state index contributed by atoms with van der Waals surface area (Å²) in [6.45, 7) is 2.85. The van der Waals surface area contributed by atoms with E-state index in [0.717, 1.165) is 25.8 Å².